The minimum absolute atomic E-state index is 0.0126. The van der Waals surface area contributed by atoms with E-state index in [2.05, 4.69) is 25.3 Å². The number of nitrogens with zero attached hydrogens (tertiary/aromatic N) is 4. The Morgan fingerprint density at radius 3 is 2.87 bits per heavy atom. The fourth-order valence-corrected chi connectivity index (χ4v) is 2.86. The molecule has 0 saturated carbocycles. The summed E-state index contributed by atoms with van der Waals surface area (Å²) in [7, 11) is 0. The second-order valence-electron chi connectivity index (χ2n) is 5.28. The molecule has 1 fully saturated rings. The van der Waals surface area contributed by atoms with Crippen LogP contribution in [0.25, 0.3) is 11.2 Å². The third-order valence-electron chi connectivity index (χ3n) is 3.88. The molecule has 1 saturated heterocycles. The van der Waals surface area contributed by atoms with Gasteiger partial charge in [-0.15, -0.1) is 0 Å². The average molecular weight is 329 g/mol. The summed E-state index contributed by atoms with van der Waals surface area (Å²) in [5.74, 6) is 0.599. The molecule has 1 atom stereocenters. The highest BCUT2D eigenvalue weighted by Crippen LogP contribution is 2.25. The Morgan fingerprint density at radius 2 is 2.04 bits per heavy atom. The van der Waals surface area contributed by atoms with E-state index in [1.807, 2.05) is 12.1 Å². The molecule has 3 heterocycles. The van der Waals surface area contributed by atoms with Gasteiger partial charge >= 0.3 is 0 Å². The zero-order chi connectivity index (χ0) is 15.8. The molecule has 23 heavy (non-hydrogen) atoms. The number of carbonyl (C=O) groups is 1. The third-order valence-corrected chi connectivity index (χ3v) is 4.13. The molecule has 116 valence electrons. The van der Waals surface area contributed by atoms with Gasteiger partial charge in [0.25, 0.3) is 0 Å². The van der Waals surface area contributed by atoms with Crippen LogP contribution in [0.5, 0.6) is 0 Å². The summed E-state index contributed by atoms with van der Waals surface area (Å²) in [6, 6.07) is 6.93. The van der Waals surface area contributed by atoms with Crippen molar-refractivity contribution >= 4 is 40.2 Å². The summed E-state index contributed by atoms with van der Waals surface area (Å²) in [5, 5.41) is 3.84. The number of aromatic nitrogens is 4. The van der Waals surface area contributed by atoms with Crippen LogP contribution in [0, 0.1) is 0 Å². The molecule has 8 heteroatoms. The number of halogens is 1. The van der Waals surface area contributed by atoms with E-state index in [4.69, 9.17) is 11.6 Å². The Hall–Kier alpha value is -2.67. The van der Waals surface area contributed by atoms with Gasteiger partial charge in [0, 0.05) is 17.3 Å². The van der Waals surface area contributed by atoms with Crippen molar-refractivity contribution in [2.45, 2.75) is 12.5 Å². The lowest BCUT2D eigenvalue weighted by Gasteiger charge is -2.17. The highest BCUT2D eigenvalue weighted by Gasteiger charge is 2.33. The molecular formula is C15H13ClN6O. The zero-order valence-electron chi connectivity index (χ0n) is 12.0. The van der Waals surface area contributed by atoms with Crippen LogP contribution >= 0.6 is 11.6 Å². The molecule has 0 unspecified atom stereocenters. The summed E-state index contributed by atoms with van der Waals surface area (Å²) in [4.78, 5) is 29.7. The molecule has 2 N–H and O–H groups in total. The fourth-order valence-electron chi connectivity index (χ4n) is 2.73. The average Bonchev–Trinajstić information content (AvgIpc) is 3.17. The molecule has 0 aliphatic carbocycles. The largest absolute Gasteiger partial charge is 0.356 e. The number of aromatic amines is 1. The molecule has 7 nitrogen and oxygen atoms in total. The number of H-pyrrole nitrogens is 1. The van der Waals surface area contributed by atoms with Crippen LogP contribution in [0.3, 0.4) is 0 Å². The minimum atomic E-state index is -0.327. The number of fused-ring (bicyclic) bond motifs is 1. The molecule has 1 amide bonds. The first-order chi connectivity index (χ1) is 11.2. The number of amides is 1. The SMILES string of the molecule is O=C1[C@H](Nc2ncnc3nc[nH]c23)CCN1c1ccc(Cl)cc1. The fraction of sp³-hybridized carbons (Fsp3) is 0.200. The Morgan fingerprint density at radius 1 is 1.22 bits per heavy atom. The van der Waals surface area contributed by atoms with Gasteiger partial charge in [-0.2, -0.15) is 0 Å². The summed E-state index contributed by atoms with van der Waals surface area (Å²) < 4.78 is 0. The topological polar surface area (TPSA) is 86.8 Å². The maximum atomic E-state index is 12.6. The molecule has 3 aromatic rings. The van der Waals surface area contributed by atoms with Crippen LogP contribution < -0.4 is 10.2 Å². The van der Waals surface area contributed by atoms with Gasteiger partial charge < -0.3 is 15.2 Å². The van der Waals surface area contributed by atoms with Crippen molar-refractivity contribution in [1.29, 1.82) is 0 Å². The van der Waals surface area contributed by atoms with Gasteiger partial charge in [0.15, 0.2) is 11.5 Å². The Labute approximate surface area is 136 Å². The highest BCUT2D eigenvalue weighted by molar-refractivity contribution is 6.30. The normalized spacial score (nSPS) is 17.9. The van der Waals surface area contributed by atoms with E-state index in [1.54, 1.807) is 23.4 Å². The van der Waals surface area contributed by atoms with Crippen molar-refractivity contribution in [3.05, 3.63) is 41.9 Å². The number of anilines is 2. The smallest absolute Gasteiger partial charge is 0.249 e. The number of hydrogen-bond acceptors (Lipinski definition) is 5. The maximum Gasteiger partial charge on any atom is 0.249 e. The summed E-state index contributed by atoms with van der Waals surface area (Å²) in [6.45, 7) is 0.648. The number of nitrogens with one attached hydrogen (secondary N) is 2. The number of imidazole rings is 1. The van der Waals surface area contributed by atoms with Crippen LogP contribution in [0.1, 0.15) is 6.42 Å². The molecule has 1 aromatic carbocycles. The summed E-state index contributed by atoms with van der Waals surface area (Å²) in [6.07, 6.45) is 3.68. The molecule has 1 aliphatic heterocycles. The van der Waals surface area contributed by atoms with Crippen molar-refractivity contribution in [1.82, 2.24) is 19.9 Å². The summed E-state index contributed by atoms with van der Waals surface area (Å²) in [5.41, 5.74) is 2.12. The van der Waals surface area contributed by atoms with Crippen molar-refractivity contribution in [3.63, 3.8) is 0 Å². The number of carbonyl (C=O) groups excluding carboxylic acids is 1. The first-order valence-corrected chi connectivity index (χ1v) is 7.58. The van der Waals surface area contributed by atoms with E-state index >= 15 is 0 Å². The molecule has 2 aromatic heterocycles. The molecule has 1 aliphatic rings. The zero-order valence-corrected chi connectivity index (χ0v) is 12.8. The van der Waals surface area contributed by atoms with Crippen molar-refractivity contribution in [2.24, 2.45) is 0 Å². The van der Waals surface area contributed by atoms with E-state index in [9.17, 15) is 4.79 Å². The molecule has 4 rings (SSSR count). The third kappa shape index (κ3) is 2.49. The Kier molecular flexibility index (Phi) is 3.34. The van der Waals surface area contributed by atoms with Crippen molar-refractivity contribution in [3.8, 4) is 0 Å². The van der Waals surface area contributed by atoms with Gasteiger partial charge in [-0.25, -0.2) is 15.0 Å². The standard InChI is InChI=1S/C15H13ClN6O/c16-9-1-3-10(4-2-9)22-6-5-11(15(22)23)21-14-12-13(18-7-17-12)19-8-20-14/h1-4,7-8,11H,5-6H2,(H2,17,18,19,20,21)/t11-/m1/s1. The predicted octanol–water partition coefficient (Wildman–Crippen LogP) is 2.22. The van der Waals surface area contributed by atoms with Gasteiger partial charge in [-0.1, -0.05) is 11.6 Å². The lowest BCUT2D eigenvalue weighted by Crippen LogP contribution is -2.33. The first kappa shape index (κ1) is 14.0. The van der Waals surface area contributed by atoms with Crippen LogP contribution in [0.4, 0.5) is 11.5 Å². The monoisotopic (exact) mass is 328 g/mol. The minimum Gasteiger partial charge on any atom is -0.356 e. The second kappa shape index (κ2) is 5.51. The molecule has 0 radical (unpaired) electrons. The van der Waals surface area contributed by atoms with E-state index in [1.165, 1.54) is 6.33 Å². The molecule has 0 spiro atoms. The van der Waals surface area contributed by atoms with Crippen LogP contribution in [0.2, 0.25) is 5.02 Å². The van der Waals surface area contributed by atoms with Crippen LogP contribution in [-0.2, 0) is 4.79 Å². The number of rotatable bonds is 3. The second-order valence-corrected chi connectivity index (χ2v) is 5.71. The Bertz CT molecular complexity index is 862. The van der Waals surface area contributed by atoms with Gasteiger partial charge in [0.2, 0.25) is 5.91 Å². The van der Waals surface area contributed by atoms with E-state index in [0.29, 0.717) is 35.0 Å². The number of hydrogen-bond donors (Lipinski definition) is 2. The lowest BCUT2D eigenvalue weighted by atomic mass is 10.2. The Balaban J connectivity index is 1.56. The maximum absolute atomic E-state index is 12.6. The van der Waals surface area contributed by atoms with Crippen molar-refractivity contribution in [2.75, 3.05) is 16.8 Å². The van der Waals surface area contributed by atoms with Crippen LogP contribution in [-0.4, -0.2) is 38.4 Å². The van der Waals surface area contributed by atoms with Crippen LogP contribution in [0.15, 0.2) is 36.9 Å². The quantitative estimate of drug-likeness (QED) is 0.770. The van der Waals surface area contributed by atoms with Gasteiger partial charge in [-0.3, -0.25) is 4.79 Å². The van der Waals surface area contributed by atoms with Gasteiger partial charge in [0.1, 0.15) is 17.9 Å². The number of benzene rings is 1. The lowest BCUT2D eigenvalue weighted by molar-refractivity contribution is -0.117. The van der Waals surface area contributed by atoms with Gasteiger partial charge in [0.05, 0.1) is 6.33 Å². The predicted molar refractivity (Wildman–Crippen MR) is 87.5 cm³/mol. The van der Waals surface area contributed by atoms with Crippen molar-refractivity contribution < 1.29 is 4.79 Å². The van der Waals surface area contributed by atoms with E-state index < -0.39 is 0 Å². The first-order valence-electron chi connectivity index (χ1n) is 7.20. The van der Waals surface area contributed by atoms with Gasteiger partial charge in [-0.05, 0) is 30.7 Å². The summed E-state index contributed by atoms with van der Waals surface area (Å²) >= 11 is 5.90. The molecular weight excluding hydrogens is 316 g/mol. The van der Waals surface area contributed by atoms with E-state index in [-0.39, 0.29) is 11.9 Å². The van der Waals surface area contributed by atoms with E-state index in [0.717, 1.165) is 5.69 Å². The molecule has 0 bridgehead atoms. The highest BCUT2D eigenvalue weighted by atomic mass is 35.5.